The van der Waals surface area contributed by atoms with Crippen LogP contribution in [0.5, 0.6) is 0 Å². The lowest BCUT2D eigenvalue weighted by molar-refractivity contribution is 0.00155. The van der Waals surface area contributed by atoms with Gasteiger partial charge >= 0.3 is 6.09 Å². The van der Waals surface area contributed by atoms with Gasteiger partial charge in [0.1, 0.15) is 5.60 Å². The third-order valence-corrected chi connectivity index (χ3v) is 4.97. The van der Waals surface area contributed by atoms with E-state index in [4.69, 9.17) is 4.74 Å². The molecule has 8 nitrogen and oxygen atoms in total. The van der Waals surface area contributed by atoms with E-state index in [1.54, 1.807) is 0 Å². The second kappa shape index (κ2) is 6.90. The van der Waals surface area contributed by atoms with Crippen molar-refractivity contribution < 1.29 is 9.53 Å². The first-order valence-corrected chi connectivity index (χ1v) is 9.26. The highest BCUT2D eigenvalue weighted by Gasteiger charge is 2.38. The second-order valence-electron chi connectivity index (χ2n) is 8.39. The number of carbonyl (C=O) groups is 1. The molecule has 0 bridgehead atoms. The van der Waals surface area contributed by atoms with Gasteiger partial charge in [0.05, 0.1) is 12.6 Å². The van der Waals surface area contributed by atoms with Crippen molar-refractivity contribution in [1.82, 2.24) is 30.0 Å². The van der Waals surface area contributed by atoms with Crippen LogP contribution in [-0.4, -0.2) is 67.4 Å². The fraction of sp³-hybridized carbons (Fsp3) is 0.882. The monoisotopic (exact) mass is 350 g/mol. The molecule has 0 spiro atoms. The minimum Gasteiger partial charge on any atom is -0.444 e. The smallest absolute Gasteiger partial charge is 0.410 e. The molecule has 8 heteroatoms. The van der Waals surface area contributed by atoms with Gasteiger partial charge in [0.15, 0.2) is 5.82 Å². The maximum atomic E-state index is 12.3. The Morgan fingerprint density at radius 3 is 2.44 bits per heavy atom. The van der Waals surface area contributed by atoms with E-state index in [0.29, 0.717) is 12.0 Å². The van der Waals surface area contributed by atoms with Crippen LogP contribution in [0.15, 0.2) is 0 Å². The number of carbonyl (C=O) groups excluding carboxylic acids is 1. The zero-order valence-corrected chi connectivity index (χ0v) is 16.0. The van der Waals surface area contributed by atoms with Crippen LogP contribution in [0.1, 0.15) is 59.3 Å². The summed E-state index contributed by atoms with van der Waals surface area (Å²) in [5, 5.41) is 12.2. The number of piperidine rings is 1. The number of hydrogen-bond donors (Lipinski definition) is 0. The summed E-state index contributed by atoms with van der Waals surface area (Å²) >= 11 is 0. The van der Waals surface area contributed by atoms with Crippen LogP contribution in [0.3, 0.4) is 0 Å². The standard InChI is InChI=1S/C17H30N6O2/c1-12(2)14-15-18-19-20-23(15)11-10-22(14)13-6-8-21(9-7-13)16(24)25-17(3,4)5/h12-14H,6-11H2,1-5H3. The number of amides is 1. The molecule has 1 amide bonds. The largest absolute Gasteiger partial charge is 0.444 e. The molecule has 0 N–H and O–H groups in total. The molecule has 140 valence electrons. The zero-order chi connectivity index (χ0) is 18.2. The van der Waals surface area contributed by atoms with E-state index >= 15 is 0 Å². The van der Waals surface area contributed by atoms with Gasteiger partial charge in [0, 0.05) is 25.7 Å². The van der Waals surface area contributed by atoms with Gasteiger partial charge in [0.25, 0.3) is 0 Å². The summed E-state index contributed by atoms with van der Waals surface area (Å²) in [6.45, 7) is 13.4. The molecule has 3 rings (SSSR count). The summed E-state index contributed by atoms with van der Waals surface area (Å²) < 4.78 is 7.42. The van der Waals surface area contributed by atoms with Crippen molar-refractivity contribution in [3.63, 3.8) is 0 Å². The Balaban J connectivity index is 1.64. The van der Waals surface area contributed by atoms with Gasteiger partial charge < -0.3 is 9.64 Å². The molecule has 1 aromatic heterocycles. The molecular weight excluding hydrogens is 320 g/mol. The Labute approximate surface area is 149 Å². The first-order valence-electron chi connectivity index (χ1n) is 9.26. The summed E-state index contributed by atoms with van der Waals surface area (Å²) in [5.74, 6) is 1.41. The van der Waals surface area contributed by atoms with E-state index in [2.05, 4.69) is 34.3 Å². The molecule has 1 fully saturated rings. The van der Waals surface area contributed by atoms with Gasteiger partial charge in [-0.15, -0.1) is 5.10 Å². The molecule has 0 radical (unpaired) electrons. The lowest BCUT2D eigenvalue weighted by Crippen LogP contribution is -2.52. The van der Waals surface area contributed by atoms with Crippen LogP contribution < -0.4 is 0 Å². The van der Waals surface area contributed by atoms with Gasteiger partial charge in [-0.1, -0.05) is 13.8 Å². The van der Waals surface area contributed by atoms with Gasteiger partial charge in [-0.3, -0.25) is 4.90 Å². The predicted molar refractivity (Wildman–Crippen MR) is 92.9 cm³/mol. The molecule has 1 saturated heterocycles. The van der Waals surface area contributed by atoms with E-state index in [9.17, 15) is 4.79 Å². The highest BCUT2D eigenvalue weighted by molar-refractivity contribution is 5.68. The van der Waals surface area contributed by atoms with Crippen LogP contribution >= 0.6 is 0 Å². The van der Waals surface area contributed by atoms with E-state index in [1.807, 2.05) is 30.4 Å². The lowest BCUT2D eigenvalue weighted by atomic mass is 9.94. The number of likely N-dealkylation sites (tertiary alicyclic amines) is 1. The van der Waals surface area contributed by atoms with Gasteiger partial charge in [-0.25, -0.2) is 9.48 Å². The summed E-state index contributed by atoms with van der Waals surface area (Å²) in [6.07, 6.45) is 1.72. The molecule has 1 unspecified atom stereocenters. The van der Waals surface area contributed by atoms with Crippen molar-refractivity contribution in [3.8, 4) is 0 Å². The summed E-state index contributed by atoms with van der Waals surface area (Å²) in [7, 11) is 0. The Hall–Kier alpha value is -1.70. The minimum atomic E-state index is -0.444. The van der Waals surface area contributed by atoms with Crippen LogP contribution in [-0.2, 0) is 11.3 Å². The summed E-state index contributed by atoms with van der Waals surface area (Å²) in [5.41, 5.74) is -0.444. The summed E-state index contributed by atoms with van der Waals surface area (Å²) in [6, 6.07) is 0.693. The highest BCUT2D eigenvalue weighted by Crippen LogP contribution is 2.34. The van der Waals surface area contributed by atoms with E-state index in [1.165, 1.54) is 0 Å². The normalized spacial score (nSPS) is 23.0. The van der Waals surface area contributed by atoms with Gasteiger partial charge in [0.2, 0.25) is 0 Å². The van der Waals surface area contributed by atoms with Crippen LogP contribution in [0.2, 0.25) is 0 Å². The summed E-state index contributed by atoms with van der Waals surface area (Å²) in [4.78, 5) is 16.6. The molecule has 25 heavy (non-hydrogen) atoms. The molecule has 0 aliphatic carbocycles. The Bertz CT molecular complexity index is 601. The van der Waals surface area contributed by atoms with Crippen LogP contribution in [0, 0.1) is 5.92 Å². The molecule has 2 aliphatic heterocycles. The fourth-order valence-electron chi connectivity index (χ4n) is 3.88. The van der Waals surface area contributed by atoms with Crippen molar-refractivity contribution >= 4 is 6.09 Å². The maximum Gasteiger partial charge on any atom is 0.410 e. The van der Waals surface area contributed by atoms with Crippen molar-refractivity contribution in [2.75, 3.05) is 19.6 Å². The Morgan fingerprint density at radius 1 is 1.16 bits per heavy atom. The number of rotatable bonds is 2. The van der Waals surface area contributed by atoms with Crippen LogP contribution in [0.4, 0.5) is 4.79 Å². The first-order chi connectivity index (χ1) is 11.8. The van der Waals surface area contributed by atoms with E-state index < -0.39 is 5.60 Å². The lowest BCUT2D eigenvalue weighted by Gasteiger charge is -2.45. The molecule has 1 atom stereocenters. The Kier molecular flexibility index (Phi) is 4.99. The third kappa shape index (κ3) is 3.94. The fourth-order valence-corrected chi connectivity index (χ4v) is 3.88. The SMILES string of the molecule is CC(C)C1c2nnnn2CCN1C1CCN(C(=O)OC(C)(C)C)CC1. The zero-order valence-electron chi connectivity index (χ0n) is 16.0. The van der Waals surface area contributed by atoms with E-state index in [0.717, 1.165) is 44.8 Å². The number of aromatic nitrogens is 4. The third-order valence-electron chi connectivity index (χ3n) is 4.97. The molecule has 0 aromatic carbocycles. The average molecular weight is 350 g/mol. The highest BCUT2D eigenvalue weighted by atomic mass is 16.6. The predicted octanol–water partition coefficient (Wildman–Crippen LogP) is 2.09. The molecule has 3 heterocycles. The molecule has 0 saturated carbocycles. The number of fused-ring (bicyclic) bond motifs is 1. The molecule has 2 aliphatic rings. The topological polar surface area (TPSA) is 76.4 Å². The van der Waals surface area contributed by atoms with Gasteiger partial charge in [-0.05, 0) is 50.0 Å². The van der Waals surface area contributed by atoms with Crippen molar-refractivity contribution in [2.45, 2.75) is 71.7 Å². The number of nitrogens with zero attached hydrogens (tertiary/aromatic N) is 6. The van der Waals surface area contributed by atoms with Crippen LogP contribution in [0.25, 0.3) is 0 Å². The Morgan fingerprint density at radius 2 is 1.84 bits per heavy atom. The quantitative estimate of drug-likeness (QED) is 0.813. The molecule has 1 aromatic rings. The van der Waals surface area contributed by atoms with Gasteiger partial charge in [-0.2, -0.15) is 0 Å². The van der Waals surface area contributed by atoms with Crippen molar-refractivity contribution in [1.29, 1.82) is 0 Å². The first kappa shape index (κ1) is 18.1. The average Bonchev–Trinajstić information content (AvgIpc) is 3.00. The molecular formula is C17H30N6O2. The second-order valence-corrected chi connectivity index (χ2v) is 8.39. The maximum absolute atomic E-state index is 12.3. The number of hydrogen-bond acceptors (Lipinski definition) is 6. The van der Waals surface area contributed by atoms with Crippen molar-refractivity contribution in [2.24, 2.45) is 5.92 Å². The number of tetrazole rings is 1. The van der Waals surface area contributed by atoms with E-state index in [-0.39, 0.29) is 12.1 Å². The van der Waals surface area contributed by atoms with Crippen molar-refractivity contribution in [3.05, 3.63) is 5.82 Å². The minimum absolute atomic E-state index is 0.200. The number of ether oxygens (including phenoxy) is 1.